The molecular formula is C22H25N5O. The number of carbonyl (C=O) groups excluding carboxylic acids is 1. The Labute approximate surface area is 165 Å². The van der Waals surface area contributed by atoms with E-state index < -0.39 is 0 Å². The molecule has 1 aliphatic carbocycles. The van der Waals surface area contributed by atoms with Crippen molar-refractivity contribution < 1.29 is 4.79 Å². The number of amidine groups is 1. The zero-order chi connectivity index (χ0) is 19.5. The van der Waals surface area contributed by atoms with Crippen molar-refractivity contribution in [2.75, 3.05) is 0 Å². The van der Waals surface area contributed by atoms with Crippen LogP contribution >= 0.6 is 0 Å². The fraction of sp³-hybridized carbons (Fsp3) is 0.318. The molecule has 1 atom stereocenters. The van der Waals surface area contributed by atoms with Crippen LogP contribution in [0, 0.1) is 5.41 Å². The minimum Gasteiger partial charge on any atom is -0.405 e. The molecule has 0 radical (unpaired) electrons. The number of nitrogens with one attached hydrogen (secondary N) is 2. The molecule has 1 aliphatic heterocycles. The molecule has 0 spiro atoms. The van der Waals surface area contributed by atoms with Gasteiger partial charge in [-0.3, -0.25) is 15.3 Å². The van der Waals surface area contributed by atoms with Crippen molar-refractivity contribution in [2.24, 2.45) is 5.73 Å². The van der Waals surface area contributed by atoms with Gasteiger partial charge in [0.15, 0.2) is 0 Å². The number of nitrogens with two attached hydrogens (primary N) is 1. The summed E-state index contributed by atoms with van der Waals surface area (Å²) >= 11 is 0. The van der Waals surface area contributed by atoms with Gasteiger partial charge in [0.1, 0.15) is 5.84 Å². The normalized spacial score (nSPS) is 24.4. The molecule has 144 valence electrons. The predicted octanol–water partition coefficient (Wildman–Crippen LogP) is 3.78. The first kappa shape index (κ1) is 18.2. The van der Waals surface area contributed by atoms with E-state index in [1.165, 1.54) is 6.20 Å². The highest BCUT2D eigenvalue weighted by molar-refractivity contribution is 5.98. The van der Waals surface area contributed by atoms with E-state index in [1.807, 2.05) is 48.5 Å². The molecule has 0 bridgehead atoms. The number of hydrogen-bond acceptors (Lipinski definition) is 4. The lowest BCUT2D eigenvalue weighted by atomic mass is 9.78. The summed E-state index contributed by atoms with van der Waals surface area (Å²) in [7, 11) is 0. The lowest BCUT2D eigenvalue weighted by Crippen LogP contribution is -2.50. The molecule has 4 N–H and O–H groups in total. The smallest absolute Gasteiger partial charge is 0.323 e. The summed E-state index contributed by atoms with van der Waals surface area (Å²) in [4.78, 5) is 19.1. The molecule has 2 fully saturated rings. The number of aromatic nitrogens is 1. The summed E-state index contributed by atoms with van der Waals surface area (Å²) in [5, 5.41) is 11.3. The number of likely N-dealkylation sites (tertiary alicyclic amines) is 1. The lowest BCUT2D eigenvalue weighted by molar-refractivity contribution is 0.195. The Hall–Kier alpha value is -3.15. The summed E-state index contributed by atoms with van der Waals surface area (Å²) in [6.07, 6.45) is 6.44. The Morgan fingerprint density at radius 3 is 2.71 bits per heavy atom. The standard InChI is InChI=1S/C22H25N5O/c23-12-11-17-7-4-8-19(25-17)16-13-18(14-16)26-22(28)27-20(9-10-21(27)24)15-5-2-1-3-6-15/h1-8,11-12,16,18,20,24H,9-10,13-14,23H2,(H,26,28)/b12-11-,24-21?. The minimum atomic E-state index is -0.160. The topological polar surface area (TPSA) is 95.1 Å². The Bertz CT molecular complexity index is 889. The third-order valence-corrected chi connectivity index (χ3v) is 5.60. The summed E-state index contributed by atoms with van der Waals surface area (Å²) in [5.41, 5.74) is 8.42. The first-order valence-corrected chi connectivity index (χ1v) is 9.73. The van der Waals surface area contributed by atoms with Gasteiger partial charge in [0.05, 0.1) is 11.7 Å². The van der Waals surface area contributed by atoms with E-state index in [0.717, 1.165) is 36.2 Å². The number of rotatable bonds is 4. The maximum absolute atomic E-state index is 12.9. The van der Waals surface area contributed by atoms with Crippen molar-refractivity contribution in [1.29, 1.82) is 5.41 Å². The van der Waals surface area contributed by atoms with Crippen molar-refractivity contribution in [3.63, 3.8) is 0 Å². The fourth-order valence-electron chi connectivity index (χ4n) is 4.08. The molecule has 2 aromatic rings. The van der Waals surface area contributed by atoms with E-state index in [2.05, 4.69) is 10.3 Å². The zero-order valence-corrected chi connectivity index (χ0v) is 15.7. The second kappa shape index (κ2) is 7.84. The van der Waals surface area contributed by atoms with Crippen molar-refractivity contribution in [1.82, 2.24) is 15.2 Å². The van der Waals surface area contributed by atoms with E-state index in [0.29, 0.717) is 18.2 Å². The molecule has 2 aliphatic rings. The maximum Gasteiger partial charge on any atom is 0.323 e. The number of amides is 2. The molecule has 1 aromatic heterocycles. The van der Waals surface area contributed by atoms with Crippen molar-refractivity contribution >= 4 is 17.9 Å². The monoisotopic (exact) mass is 375 g/mol. The zero-order valence-electron chi connectivity index (χ0n) is 15.7. The number of urea groups is 1. The largest absolute Gasteiger partial charge is 0.405 e. The van der Waals surface area contributed by atoms with E-state index in [9.17, 15) is 4.79 Å². The van der Waals surface area contributed by atoms with Crippen LogP contribution in [0.2, 0.25) is 0 Å². The molecular weight excluding hydrogens is 350 g/mol. The second-order valence-corrected chi connectivity index (χ2v) is 7.44. The third-order valence-electron chi connectivity index (χ3n) is 5.60. The van der Waals surface area contributed by atoms with Crippen molar-refractivity contribution in [3.05, 3.63) is 71.7 Å². The molecule has 6 heteroatoms. The average Bonchev–Trinajstić information content (AvgIpc) is 3.07. The first-order chi connectivity index (χ1) is 13.7. The van der Waals surface area contributed by atoms with Gasteiger partial charge >= 0.3 is 6.03 Å². The molecule has 1 saturated carbocycles. The third kappa shape index (κ3) is 3.63. The highest BCUT2D eigenvalue weighted by atomic mass is 16.2. The second-order valence-electron chi connectivity index (χ2n) is 7.44. The van der Waals surface area contributed by atoms with Crippen LogP contribution in [0.1, 0.15) is 54.6 Å². The van der Waals surface area contributed by atoms with E-state index in [4.69, 9.17) is 11.1 Å². The highest BCUT2D eigenvalue weighted by Crippen LogP contribution is 2.37. The predicted molar refractivity (Wildman–Crippen MR) is 110 cm³/mol. The number of benzene rings is 1. The molecule has 1 unspecified atom stereocenters. The summed E-state index contributed by atoms with van der Waals surface area (Å²) < 4.78 is 0. The molecule has 2 heterocycles. The van der Waals surface area contributed by atoms with Gasteiger partial charge in [0.2, 0.25) is 0 Å². The first-order valence-electron chi connectivity index (χ1n) is 9.73. The Kier molecular flexibility index (Phi) is 5.10. The van der Waals surface area contributed by atoms with Gasteiger partial charge in [-0.05, 0) is 49.2 Å². The van der Waals surface area contributed by atoms with Crippen LogP contribution in [0.5, 0.6) is 0 Å². The summed E-state index contributed by atoms with van der Waals surface area (Å²) in [6, 6.07) is 15.8. The number of carbonyl (C=O) groups is 1. The van der Waals surface area contributed by atoms with Gasteiger partial charge in [0.25, 0.3) is 0 Å². The van der Waals surface area contributed by atoms with E-state index in [-0.39, 0.29) is 18.1 Å². The molecule has 1 saturated heterocycles. The Morgan fingerprint density at radius 1 is 1.18 bits per heavy atom. The summed E-state index contributed by atoms with van der Waals surface area (Å²) in [5.74, 6) is 0.740. The number of pyridine rings is 1. The maximum atomic E-state index is 12.9. The Balaban J connectivity index is 1.37. The van der Waals surface area contributed by atoms with Gasteiger partial charge in [0, 0.05) is 24.1 Å². The van der Waals surface area contributed by atoms with Gasteiger partial charge < -0.3 is 11.1 Å². The van der Waals surface area contributed by atoms with Crippen LogP contribution in [0.25, 0.3) is 6.08 Å². The van der Waals surface area contributed by atoms with Crippen LogP contribution in [-0.2, 0) is 0 Å². The van der Waals surface area contributed by atoms with Gasteiger partial charge in [-0.2, -0.15) is 0 Å². The Morgan fingerprint density at radius 2 is 1.96 bits per heavy atom. The number of hydrogen-bond donors (Lipinski definition) is 3. The van der Waals surface area contributed by atoms with E-state index >= 15 is 0 Å². The molecule has 1 aromatic carbocycles. The fourth-order valence-corrected chi connectivity index (χ4v) is 4.08. The van der Waals surface area contributed by atoms with Crippen molar-refractivity contribution in [2.45, 2.75) is 43.7 Å². The van der Waals surface area contributed by atoms with Crippen LogP contribution in [0.3, 0.4) is 0 Å². The van der Waals surface area contributed by atoms with Crippen LogP contribution in [-0.4, -0.2) is 27.8 Å². The molecule has 4 rings (SSSR count). The van der Waals surface area contributed by atoms with Gasteiger partial charge in [-0.25, -0.2) is 4.79 Å². The SMILES string of the molecule is N=C1CCC(c2ccccc2)N1C(=O)NC1CC(c2cccc(/C=C\N)n2)C1. The quantitative estimate of drug-likeness (QED) is 0.759. The van der Waals surface area contributed by atoms with Gasteiger partial charge in [-0.15, -0.1) is 0 Å². The van der Waals surface area contributed by atoms with Crippen LogP contribution < -0.4 is 11.1 Å². The molecule has 6 nitrogen and oxygen atoms in total. The van der Waals surface area contributed by atoms with Crippen molar-refractivity contribution in [3.8, 4) is 0 Å². The highest BCUT2D eigenvalue weighted by Gasteiger charge is 2.38. The number of nitrogens with zero attached hydrogens (tertiary/aromatic N) is 2. The van der Waals surface area contributed by atoms with E-state index in [1.54, 1.807) is 11.0 Å². The van der Waals surface area contributed by atoms with Gasteiger partial charge in [-0.1, -0.05) is 36.4 Å². The summed E-state index contributed by atoms with van der Waals surface area (Å²) in [6.45, 7) is 0. The van der Waals surface area contributed by atoms with Crippen LogP contribution in [0.15, 0.2) is 54.7 Å². The molecule has 2 amide bonds. The van der Waals surface area contributed by atoms with Crippen LogP contribution in [0.4, 0.5) is 4.79 Å². The molecule has 28 heavy (non-hydrogen) atoms. The average molecular weight is 375 g/mol. The minimum absolute atomic E-state index is 0.0500. The lowest BCUT2D eigenvalue weighted by Gasteiger charge is -2.37.